The van der Waals surface area contributed by atoms with Gasteiger partial charge in [0.15, 0.2) is 5.76 Å². The van der Waals surface area contributed by atoms with Crippen LogP contribution < -0.4 is 10.6 Å². The molecule has 1 aromatic heterocycles. The molecule has 0 atom stereocenters. The molecule has 0 aromatic carbocycles. The van der Waals surface area contributed by atoms with E-state index in [1.54, 1.807) is 6.07 Å². The molecule has 1 aliphatic rings. The number of carbonyl (C=O) groups excluding carboxylic acids is 4. The summed E-state index contributed by atoms with van der Waals surface area (Å²) in [6.07, 6.45) is 1.34. The van der Waals surface area contributed by atoms with E-state index in [1.165, 1.54) is 12.3 Å². The summed E-state index contributed by atoms with van der Waals surface area (Å²) in [5.41, 5.74) is 0. The fourth-order valence-electron chi connectivity index (χ4n) is 1.58. The van der Waals surface area contributed by atoms with Gasteiger partial charge in [0.1, 0.15) is 13.1 Å². The molecule has 1 saturated heterocycles. The minimum atomic E-state index is -0.540. The van der Waals surface area contributed by atoms with Gasteiger partial charge in [-0.2, -0.15) is 0 Å². The topological polar surface area (TPSA) is 109 Å². The van der Waals surface area contributed by atoms with Crippen LogP contribution in [0.5, 0.6) is 0 Å². The molecule has 0 spiro atoms. The van der Waals surface area contributed by atoms with E-state index in [0.717, 1.165) is 4.90 Å². The zero-order chi connectivity index (χ0) is 13.8. The van der Waals surface area contributed by atoms with Crippen LogP contribution in [0.2, 0.25) is 0 Å². The van der Waals surface area contributed by atoms with Gasteiger partial charge in [-0.15, -0.1) is 0 Å². The van der Waals surface area contributed by atoms with Crippen LogP contribution in [0.15, 0.2) is 22.8 Å². The maximum absolute atomic E-state index is 11.7. The number of piperazine rings is 1. The molecule has 8 heteroatoms. The molecule has 0 aliphatic carbocycles. The Bertz CT molecular complexity index is 506. The molecule has 1 aromatic rings. The van der Waals surface area contributed by atoms with Gasteiger partial charge in [0.25, 0.3) is 5.91 Å². The van der Waals surface area contributed by atoms with Crippen molar-refractivity contribution in [3.8, 4) is 0 Å². The lowest BCUT2D eigenvalue weighted by atomic mass is 10.3. The molecule has 4 amide bonds. The summed E-state index contributed by atoms with van der Waals surface area (Å²) in [6, 6.07) is 3.00. The second kappa shape index (κ2) is 5.34. The number of rotatable bonds is 3. The molecular formula is C11H11N3O5. The zero-order valence-electron chi connectivity index (χ0n) is 9.84. The predicted molar refractivity (Wildman–Crippen MR) is 60.8 cm³/mol. The number of nitrogens with zero attached hydrogens (tertiary/aromatic N) is 1. The Morgan fingerprint density at radius 3 is 2.58 bits per heavy atom. The van der Waals surface area contributed by atoms with Gasteiger partial charge in [-0.05, 0) is 12.1 Å². The normalized spacial score (nSPS) is 15.1. The van der Waals surface area contributed by atoms with Crippen molar-refractivity contribution < 1.29 is 23.6 Å². The minimum absolute atomic E-state index is 0.0836. The summed E-state index contributed by atoms with van der Waals surface area (Å²) < 4.78 is 4.85. The van der Waals surface area contributed by atoms with Crippen molar-refractivity contribution in [2.45, 2.75) is 0 Å². The lowest BCUT2D eigenvalue weighted by molar-refractivity contribution is -0.144. The Labute approximate surface area is 107 Å². The summed E-state index contributed by atoms with van der Waals surface area (Å²) >= 11 is 0. The van der Waals surface area contributed by atoms with Crippen molar-refractivity contribution in [1.82, 2.24) is 15.5 Å². The average molecular weight is 265 g/mol. The van der Waals surface area contributed by atoms with E-state index in [2.05, 4.69) is 10.6 Å². The molecule has 8 nitrogen and oxygen atoms in total. The molecule has 0 saturated carbocycles. The third-order valence-corrected chi connectivity index (χ3v) is 2.45. The highest BCUT2D eigenvalue weighted by molar-refractivity contribution is 6.03. The summed E-state index contributed by atoms with van der Waals surface area (Å²) in [7, 11) is 0. The molecule has 2 rings (SSSR count). The van der Waals surface area contributed by atoms with Crippen molar-refractivity contribution >= 4 is 23.6 Å². The number of hydrogen-bond donors (Lipinski definition) is 2. The van der Waals surface area contributed by atoms with E-state index in [9.17, 15) is 19.2 Å². The second-order valence-electron chi connectivity index (χ2n) is 3.88. The van der Waals surface area contributed by atoms with Gasteiger partial charge >= 0.3 is 0 Å². The third-order valence-electron chi connectivity index (χ3n) is 2.45. The number of furan rings is 1. The van der Waals surface area contributed by atoms with Crippen LogP contribution in [0.1, 0.15) is 10.6 Å². The smallest absolute Gasteiger partial charge is 0.287 e. The van der Waals surface area contributed by atoms with Gasteiger partial charge in [-0.1, -0.05) is 0 Å². The summed E-state index contributed by atoms with van der Waals surface area (Å²) in [5, 5.41) is 4.42. The number of hydrogen-bond acceptors (Lipinski definition) is 5. The molecule has 100 valence electrons. The fraction of sp³-hybridized carbons (Fsp3) is 0.273. The van der Waals surface area contributed by atoms with Crippen LogP contribution in [0.25, 0.3) is 0 Å². The zero-order valence-corrected chi connectivity index (χ0v) is 9.84. The first-order chi connectivity index (χ1) is 9.06. The summed E-state index contributed by atoms with van der Waals surface area (Å²) in [4.78, 5) is 46.5. The van der Waals surface area contributed by atoms with E-state index in [4.69, 9.17) is 4.42 Å². The molecule has 2 N–H and O–H groups in total. The van der Waals surface area contributed by atoms with Crippen LogP contribution in [-0.4, -0.2) is 48.2 Å². The molecule has 0 bridgehead atoms. The van der Waals surface area contributed by atoms with Crippen molar-refractivity contribution in [3.05, 3.63) is 24.2 Å². The first-order valence-corrected chi connectivity index (χ1v) is 5.48. The highest BCUT2D eigenvalue weighted by Crippen LogP contribution is 1.99. The summed E-state index contributed by atoms with van der Waals surface area (Å²) in [5.74, 6) is -2.04. The Morgan fingerprint density at radius 1 is 1.32 bits per heavy atom. The van der Waals surface area contributed by atoms with Crippen LogP contribution >= 0.6 is 0 Å². The highest BCUT2D eigenvalue weighted by atomic mass is 16.3. The number of amides is 4. The van der Waals surface area contributed by atoms with Gasteiger partial charge in [0.05, 0.1) is 12.8 Å². The molecule has 0 unspecified atom stereocenters. The Kier molecular flexibility index (Phi) is 3.60. The SMILES string of the molecule is O=C1CN(C(=O)CNC(=O)c2ccco2)CC(=O)N1. The second-order valence-corrected chi connectivity index (χ2v) is 3.88. The Balaban J connectivity index is 1.86. The third kappa shape index (κ3) is 3.18. The lowest BCUT2D eigenvalue weighted by Crippen LogP contribution is -2.55. The van der Waals surface area contributed by atoms with Gasteiger partial charge < -0.3 is 14.6 Å². The van der Waals surface area contributed by atoms with E-state index >= 15 is 0 Å². The van der Waals surface area contributed by atoms with Crippen LogP contribution in [0, 0.1) is 0 Å². The minimum Gasteiger partial charge on any atom is -0.459 e. The first kappa shape index (κ1) is 12.8. The largest absolute Gasteiger partial charge is 0.459 e. The molecule has 19 heavy (non-hydrogen) atoms. The predicted octanol–water partition coefficient (Wildman–Crippen LogP) is -1.51. The maximum atomic E-state index is 11.7. The number of imide groups is 1. The van der Waals surface area contributed by atoms with E-state index < -0.39 is 23.6 Å². The average Bonchev–Trinajstić information content (AvgIpc) is 2.88. The van der Waals surface area contributed by atoms with Crippen molar-refractivity contribution in [3.63, 3.8) is 0 Å². The van der Waals surface area contributed by atoms with Gasteiger partial charge in [0, 0.05) is 0 Å². The maximum Gasteiger partial charge on any atom is 0.287 e. The Hall–Kier alpha value is -2.64. The van der Waals surface area contributed by atoms with Crippen molar-refractivity contribution in [2.75, 3.05) is 19.6 Å². The monoisotopic (exact) mass is 265 g/mol. The molecule has 1 fully saturated rings. The summed E-state index contributed by atoms with van der Waals surface area (Å²) in [6.45, 7) is -0.692. The van der Waals surface area contributed by atoms with Crippen LogP contribution in [-0.2, 0) is 14.4 Å². The van der Waals surface area contributed by atoms with E-state index in [0.29, 0.717) is 0 Å². The molecule has 0 radical (unpaired) electrons. The quantitative estimate of drug-likeness (QED) is 0.646. The van der Waals surface area contributed by atoms with E-state index in [1.807, 2.05) is 0 Å². The van der Waals surface area contributed by atoms with Gasteiger partial charge in [0.2, 0.25) is 17.7 Å². The van der Waals surface area contributed by atoms with Crippen molar-refractivity contribution in [2.24, 2.45) is 0 Å². The standard InChI is InChI=1S/C11H11N3O5/c15-8-5-14(6-9(16)13-8)10(17)4-12-11(18)7-2-1-3-19-7/h1-3H,4-6H2,(H,12,18)(H,13,15,16). The number of carbonyl (C=O) groups is 4. The van der Waals surface area contributed by atoms with Crippen LogP contribution in [0.3, 0.4) is 0 Å². The number of nitrogens with one attached hydrogen (secondary N) is 2. The highest BCUT2D eigenvalue weighted by Gasteiger charge is 2.26. The van der Waals surface area contributed by atoms with Crippen LogP contribution in [0.4, 0.5) is 0 Å². The Morgan fingerprint density at radius 2 is 2.00 bits per heavy atom. The molecule has 2 heterocycles. The van der Waals surface area contributed by atoms with Gasteiger partial charge in [-0.25, -0.2) is 0 Å². The van der Waals surface area contributed by atoms with Crippen molar-refractivity contribution in [1.29, 1.82) is 0 Å². The molecular weight excluding hydrogens is 254 g/mol. The fourth-order valence-corrected chi connectivity index (χ4v) is 1.58. The van der Waals surface area contributed by atoms with Gasteiger partial charge in [-0.3, -0.25) is 24.5 Å². The lowest BCUT2D eigenvalue weighted by Gasteiger charge is -2.25. The van der Waals surface area contributed by atoms with E-state index in [-0.39, 0.29) is 25.4 Å². The molecule has 1 aliphatic heterocycles. The first-order valence-electron chi connectivity index (χ1n) is 5.48.